The number of nitrogens with one attached hydrogen (secondary N) is 2. The monoisotopic (exact) mass is 365 g/mol. The quantitative estimate of drug-likeness (QED) is 0.606. The van der Waals surface area contributed by atoms with Gasteiger partial charge in [0.05, 0.1) is 37.2 Å². The van der Waals surface area contributed by atoms with Crippen LogP contribution >= 0.6 is 0 Å². The molecule has 0 atom stereocenters. The third kappa shape index (κ3) is 4.69. The van der Waals surface area contributed by atoms with Crippen LogP contribution in [-0.2, 0) is 13.1 Å². The fraction of sp³-hybridized carbons (Fsp3) is 0.435. The molecule has 1 aromatic heterocycles. The molecular formula is C23H33N4+. The van der Waals surface area contributed by atoms with Crippen molar-refractivity contribution < 1.29 is 4.90 Å². The van der Waals surface area contributed by atoms with E-state index in [2.05, 4.69) is 86.1 Å². The maximum absolute atomic E-state index is 4.85. The molecule has 0 saturated heterocycles. The molecular weight excluding hydrogens is 332 g/mol. The Labute approximate surface area is 163 Å². The summed E-state index contributed by atoms with van der Waals surface area (Å²) >= 11 is 0. The minimum Gasteiger partial charge on any atom is -0.352 e. The van der Waals surface area contributed by atoms with Gasteiger partial charge in [-0.3, -0.25) is 0 Å². The zero-order chi connectivity index (χ0) is 19.2. The van der Waals surface area contributed by atoms with E-state index in [1.807, 2.05) is 0 Å². The predicted molar refractivity (Wildman–Crippen MR) is 115 cm³/mol. The average molecular weight is 366 g/mol. The van der Waals surface area contributed by atoms with Crippen LogP contribution in [0, 0.1) is 0 Å². The van der Waals surface area contributed by atoms with Crippen molar-refractivity contribution in [2.75, 3.05) is 25.0 Å². The zero-order valence-corrected chi connectivity index (χ0v) is 17.1. The summed E-state index contributed by atoms with van der Waals surface area (Å²) in [6.07, 6.45) is 0. The van der Waals surface area contributed by atoms with Crippen LogP contribution in [0.25, 0.3) is 11.0 Å². The highest BCUT2D eigenvalue weighted by atomic mass is 15.2. The van der Waals surface area contributed by atoms with E-state index in [0.717, 1.165) is 44.2 Å². The van der Waals surface area contributed by atoms with Crippen molar-refractivity contribution in [3.63, 3.8) is 0 Å². The first-order chi connectivity index (χ1) is 13.1. The molecule has 1 heterocycles. The van der Waals surface area contributed by atoms with Crippen LogP contribution < -0.4 is 10.2 Å². The SMILES string of the molecule is CC[NH+](CC)CCn1c(NCc2ccc(C(C)C)cc2)nc2ccccc21. The Hall–Kier alpha value is -2.33. The lowest BCUT2D eigenvalue weighted by atomic mass is 10.0. The van der Waals surface area contributed by atoms with Crippen LogP contribution in [-0.4, -0.2) is 29.2 Å². The Morgan fingerprint density at radius 1 is 1.00 bits per heavy atom. The summed E-state index contributed by atoms with van der Waals surface area (Å²) in [5.74, 6) is 1.54. The van der Waals surface area contributed by atoms with E-state index in [9.17, 15) is 0 Å². The van der Waals surface area contributed by atoms with Crippen molar-refractivity contribution in [1.29, 1.82) is 0 Å². The van der Waals surface area contributed by atoms with Crippen LogP contribution in [0.5, 0.6) is 0 Å². The van der Waals surface area contributed by atoms with Gasteiger partial charge in [-0.25, -0.2) is 4.98 Å². The standard InChI is InChI=1S/C23H32N4/c1-5-26(6-2)15-16-27-22-10-8-7-9-21(22)25-23(27)24-17-19-11-13-20(14-12-19)18(3)4/h7-14,18H,5-6,15-17H2,1-4H3,(H,24,25)/p+1. The number of hydrogen-bond donors (Lipinski definition) is 2. The molecule has 0 saturated carbocycles. The number of para-hydroxylation sites is 2. The molecule has 0 spiro atoms. The lowest BCUT2D eigenvalue weighted by molar-refractivity contribution is -0.897. The number of fused-ring (bicyclic) bond motifs is 1. The molecule has 3 rings (SSSR count). The minimum atomic E-state index is 0.568. The topological polar surface area (TPSA) is 34.3 Å². The first-order valence-electron chi connectivity index (χ1n) is 10.2. The smallest absolute Gasteiger partial charge is 0.204 e. The number of rotatable bonds is 9. The van der Waals surface area contributed by atoms with E-state index in [1.54, 1.807) is 4.90 Å². The molecule has 2 aromatic carbocycles. The highest BCUT2D eigenvalue weighted by molar-refractivity contribution is 5.78. The lowest BCUT2D eigenvalue weighted by Crippen LogP contribution is -3.11. The molecule has 0 unspecified atom stereocenters. The average Bonchev–Trinajstić information content (AvgIpc) is 3.05. The molecule has 0 fully saturated rings. The van der Waals surface area contributed by atoms with Crippen molar-refractivity contribution in [3.8, 4) is 0 Å². The Kier molecular flexibility index (Phi) is 6.51. The molecule has 0 aliphatic heterocycles. The molecule has 0 bridgehead atoms. The van der Waals surface area contributed by atoms with Crippen molar-refractivity contribution in [1.82, 2.24) is 9.55 Å². The predicted octanol–water partition coefficient (Wildman–Crippen LogP) is 3.70. The molecule has 2 N–H and O–H groups in total. The van der Waals surface area contributed by atoms with Crippen molar-refractivity contribution in [2.45, 2.75) is 46.7 Å². The maximum Gasteiger partial charge on any atom is 0.204 e. The third-order valence-corrected chi connectivity index (χ3v) is 5.44. The number of imidazole rings is 1. The summed E-state index contributed by atoms with van der Waals surface area (Å²) in [6, 6.07) is 17.3. The molecule has 0 aliphatic carbocycles. The van der Waals surface area contributed by atoms with E-state index in [0.29, 0.717) is 5.92 Å². The summed E-state index contributed by atoms with van der Waals surface area (Å²) in [5.41, 5.74) is 4.94. The van der Waals surface area contributed by atoms with Gasteiger partial charge in [0.1, 0.15) is 0 Å². The van der Waals surface area contributed by atoms with Gasteiger partial charge in [-0.15, -0.1) is 0 Å². The molecule has 0 amide bonds. The van der Waals surface area contributed by atoms with E-state index in [4.69, 9.17) is 4.98 Å². The van der Waals surface area contributed by atoms with Gasteiger partial charge in [0, 0.05) is 6.54 Å². The second kappa shape index (κ2) is 9.05. The van der Waals surface area contributed by atoms with E-state index in [1.165, 1.54) is 16.6 Å². The zero-order valence-electron chi connectivity index (χ0n) is 17.1. The lowest BCUT2D eigenvalue weighted by Gasteiger charge is -2.17. The second-order valence-corrected chi connectivity index (χ2v) is 7.53. The Balaban J connectivity index is 1.77. The summed E-state index contributed by atoms with van der Waals surface area (Å²) in [5, 5.41) is 3.57. The fourth-order valence-corrected chi connectivity index (χ4v) is 3.51. The van der Waals surface area contributed by atoms with Crippen LogP contribution in [0.15, 0.2) is 48.5 Å². The van der Waals surface area contributed by atoms with Gasteiger partial charge in [0.25, 0.3) is 0 Å². The molecule has 27 heavy (non-hydrogen) atoms. The van der Waals surface area contributed by atoms with Crippen LogP contribution in [0.2, 0.25) is 0 Å². The van der Waals surface area contributed by atoms with Gasteiger partial charge >= 0.3 is 0 Å². The van der Waals surface area contributed by atoms with Crippen LogP contribution in [0.1, 0.15) is 44.7 Å². The number of likely N-dealkylation sites (N-methyl/N-ethyl adjacent to an activating group) is 1. The van der Waals surface area contributed by atoms with Crippen molar-refractivity contribution >= 4 is 17.0 Å². The van der Waals surface area contributed by atoms with Gasteiger partial charge < -0.3 is 14.8 Å². The van der Waals surface area contributed by atoms with Crippen molar-refractivity contribution in [2.24, 2.45) is 0 Å². The Morgan fingerprint density at radius 3 is 2.37 bits per heavy atom. The Morgan fingerprint density at radius 2 is 1.70 bits per heavy atom. The van der Waals surface area contributed by atoms with Gasteiger partial charge in [0.15, 0.2) is 0 Å². The number of quaternary nitrogens is 1. The number of nitrogens with zero attached hydrogens (tertiary/aromatic N) is 2. The molecule has 144 valence electrons. The van der Waals surface area contributed by atoms with E-state index < -0.39 is 0 Å². The highest BCUT2D eigenvalue weighted by Gasteiger charge is 2.12. The molecule has 4 heteroatoms. The summed E-state index contributed by atoms with van der Waals surface area (Å²) in [7, 11) is 0. The second-order valence-electron chi connectivity index (χ2n) is 7.53. The fourth-order valence-electron chi connectivity index (χ4n) is 3.51. The van der Waals surface area contributed by atoms with E-state index >= 15 is 0 Å². The third-order valence-electron chi connectivity index (χ3n) is 5.44. The van der Waals surface area contributed by atoms with Gasteiger partial charge in [0.2, 0.25) is 5.95 Å². The summed E-state index contributed by atoms with van der Waals surface area (Å²) in [6.45, 7) is 14.2. The highest BCUT2D eigenvalue weighted by Crippen LogP contribution is 2.20. The molecule has 4 nitrogen and oxygen atoms in total. The molecule has 0 aliphatic rings. The normalized spacial score (nSPS) is 11.6. The van der Waals surface area contributed by atoms with Gasteiger partial charge in [-0.1, -0.05) is 50.2 Å². The van der Waals surface area contributed by atoms with Crippen LogP contribution in [0.4, 0.5) is 5.95 Å². The number of benzene rings is 2. The minimum absolute atomic E-state index is 0.568. The van der Waals surface area contributed by atoms with Gasteiger partial charge in [-0.05, 0) is 43.0 Å². The number of aromatic nitrogens is 2. The number of anilines is 1. The first kappa shape index (κ1) is 19.4. The molecule has 0 radical (unpaired) electrons. The van der Waals surface area contributed by atoms with Crippen molar-refractivity contribution in [3.05, 3.63) is 59.7 Å². The maximum atomic E-state index is 4.85. The first-order valence-corrected chi connectivity index (χ1v) is 10.2. The summed E-state index contributed by atoms with van der Waals surface area (Å²) < 4.78 is 2.34. The number of hydrogen-bond acceptors (Lipinski definition) is 2. The summed E-state index contributed by atoms with van der Waals surface area (Å²) in [4.78, 5) is 6.46. The largest absolute Gasteiger partial charge is 0.352 e. The van der Waals surface area contributed by atoms with E-state index in [-0.39, 0.29) is 0 Å². The van der Waals surface area contributed by atoms with Gasteiger partial charge in [-0.2, -0.15) is 0 Å². The molecule has 3 aromatic rings. The Bertz CT molecular complexity index is 844. The van der Waals surface area contributed by atoms with Crippen LogP contribution in [0.3, 0.4) is 0 Å².